The molecule has 1 aliphatic heterocycles. The summed E-state index contributed by atoms with van der Waals surface area (Å²) in [4.78, 5) is 24.3. The van der Waals surface area contributed by atoms with E-state index in [2.05, 4.69) is 0 Å². The molecule has 0 radical (unpaired) electrons. The highest BCUT2D eigenvalue weighted by molar-refractivity contribution is 7.54. The number of para-hydroxylation sites is 1. The molecule has 1 aliphatic rings. The smallest absolute Gasteiger partial charge is 0.384 e. The number of methoxy groups -OCH3 is 1. The van der Waals surface area contributed by atoms with Crippen LogP contribution in [-0.2, 0) is 36.4 Å². The number of carbonyl (C=O) groups excluding carboxylic acids is 2. The third kappa shape index (κ3) is 6.09. The molecule has 1 N–H and O–H groups in total. The first-order chi connectivity index (χ1) is 17.1. The maximum Gasteiger partial charge on any atom is 0.384 e. The molecular formula is C26H31O9P. The van der Waals surface area contributed by atoms with Crippen molar-refractivity contribution in [3.8, 4) is 17.2 Å². The van der Waals surface area contributed by atoms with E-state index >= 15 is 0 Å². The van der Waals surface area contributed by atoms with E-state index in [0.717, 1.165) is 0 Å². The van der Waals surface area contributed by atoms with Gasteiger partial charge in [0.1, 0.15) is 29.4 Å². The fourth-order valence-electron chi connectivity index (χ4n) is 3.95. The van der Waals surface area contributed by atoms with E-state index in [0.29, 0.717) is 33.8 Å². The van der Waals surface area contributed by atoms with Gasteiger partial charge in [0.05, 0.1) is 19.9 Å². The van der Waals surface area contributed by atoms with Gasteiger partial charge in [-0.15, -0.1) is 0 Å². The first-order valence-corrected chi connectivity index (χ1v) is 13.3. The molecule has 2 atom stereocenters. The zero-order valence-corrected chi connectivity index (χ0v) is 21.9. The minimum Gasteiger partial charge on any atom is -0.507 e. The Morgan fingerprint density at radius 3 is 2.61 bits per heavy atom. The van der Waals surface area contributed by atoms with Crippen molar-refractivity contribution in [2.75, 3.05) is 19.9 Å². The third-order valence-electron chi connectivity index (χ3n) is 5.67. The van der Waals surface area contributed by atoms with Crippen molar-refractivity contribution in [2.45, 2.75) is 46.8 Å². The van der Waals surface area contributed by atoms with Crippen LogP contribution < -0.4 is 9.26 Å². The number of allylic oxidation sites excluding steroid dienone is 2. The minimum atomic E-state index is -3.85. The number of hydrogen-bond acceptors (Lipinski definition) is 9. The normalized spacial score (nSPS) is 15.5. The first kappa shape index (κ1) is 27.3. The molecule has 2 unspecified atom stereocenters. The molecule has 0 aliphatic carbocycles. The Balaban J connectivity index is 1.88. The fourth-order valence-corrected chi connectivity index (χ4v) is 5.88. The number of cyclic esters (lactones) is 1. The number of benzene rings is 2. The molecule has 0 bridgehead atoms. The number of ether oxygens (including phenoxy) is 3. The number of esters is 2. The summed E-state index contributed by atoms with van der Waals surface area (Å²) < 4.78 is 40.7. The zero-order chi connectivity index (χ0) is 26.5. The van der Waals surface area contributed by atoms with Crippen molar-refractivity contribution in [3.05, 3.63) is 64.2 Å². The number of phenols is 1. The van der Waals surface area contributed by atoms with Crippen LogP contribution in [0.1, 0.15) is 47.8 Å². The fraction of sp³-hybridized carbons (Fsp3) is 0.385. The lowest BCUT2D eigenvalue weighted by Gasteiger charge is -2.23. The molecule has 1 heterocycles. The topological polar surface area (TPSA) is 118 Å². The third-order valence-corrected chi connectivity index (χ3v) is 7.68. The number of aromatic hydroxyl groups is 1. The summed E-state index contributed by atoms with van der Waals surface area (Å²) in [6.07, 6.45) is 0.687. The molecular weight excluding hydrogens is 487 g/mol. The summed E-state index contributed by atoms with van der Waals surface area (Å²) in [6.45, 7) is 6.89. The van der Waals surface area contributed by atoms with Crippen LogP contribution in [0.25, 0.3) is 0 Å². The van der Waals surface area contributed by atoms with Crippen LogP contribution in [0.4, 0.5) is 0 Å². The molecule has 0 amide bonds. The van der Waals surface area contributed by atoms with E-state index in [4.69, 9.17) is 23.3 Å². The van der Waals surface area contributed by atoms with Gasteiger partial charge in [-0.3, -0.25) is 4.52 Å². The van der Waals surface area contributed by atoms with E-state index in [1.165, 1.54) is 14.0 Å². The van der Waals surface area contributed by atoms with E-state index in [9.17, 15) is 19.3 Å². The second kappa shape index (κ2) is 11.6. The second-order valence-electron chi connectivity index (χ2n) is 8.34. The van der Waals surface area contributed by atoms with Gasteiger partial charge in [0.2, 0.25) is 0 Å². The average molecular weight is 518 g/mol. The maximum absolute atomic E-state index is 13.7. The van der Waals surface area contributed by atoms with Crippen LogP contribution in [-0.4, -0.2) is 43.0 Å². The molecule has 0 spiro atoms. The lowest BCUT2D eigenvalue weighted by Crippen LogP contribution is -2.24. The SMILES string of the molecule is CCOC(=O)C(C)OP(=O)(CC(C)=CCc1c(O)c2c(c(C)c1OC)COC2=O)Oc1ccccc1. The number of fused-ring (bicyclic) bond motifs is 1. The standard InChI is InChI=1S/C26H31O9P/c1-6-32-25(28)18(4)34-36(30,35-19-10-8-7-9-11-19)15-16(2)12-13-20-23(27)22-21(14-33-26(22)29)17(3)24(20)31-5/h7-12,18,27H,6,13-15H2,1-5H3. The lowest BCUT2D eigenvalue weighted by atomic mass is 9.95. The quantitative estimate of drug-likeness (QED) is 0.246. The zero-order valence-electron chi connectivity index (χ0n) is 21.0. The number of phenolic OH excluding ortho intramolecular Hbond substituents is 1. The molecule has 36 heavy (non-hydrogen) atoms. The molecule has 3 rings (SSSR count). The summed E-state index contributed by atoms with van der Waals surface area (Å²) in [6, 6.07) is 8.53. The van der Waals surface area contributed by atoms with Crippen molar-refractivity contribution in [3.63, 3.8) is 0 Å². The van der Waals surface area contributed by atoms with E-state index in [-0.39, 0.29) is 37.1 Å². The van der Waals surface area contributed by atoms with Crippen LogP contribution in [0.3, 0.4) is 0 Å². The molecule has 9 nitrogen and oxygen atoms in total. The van der Waals surface area contributed by atoms with Crippen molar-refractivity contribution in [1.82, 2.24) is 0 Å². The number of hydrogen-bond donors (Lipinski definition) is 1. The summed E-state index contributed by atoms with van der Waals surface area (Å²) in [5.41, 5.74) is 2.47. The van der Waals surface area contributed by atoms with Gasteiger partial charge < -0.3 is 23.8 Å². The Morgan fingerprint density at radius 1 is 1.28 bits per heavy atom. The summed E-state index contributed by atoms with van der Waals surface area (Å²) in [7, 11) is -2.37. The predicted molar refractivity (Wildman–Crippen MR) is 133 cm³/mol. The monoisotopic (exact) mass is 518 g/mol. The Kier molecular flexibility index (Phi) is 8.82. The molecule has 0 saturated carbocycles. The van der Waals surface area contributed by atoms with Gasteiger partial charge in [-0.25, -0.2) is 14.2 Å². The van der Waals surface area contributed by atoms with Crippen LogP contribution in [0.15, 0.2) is 42.0 Å². The van der Waals surface area contributed by atoms with Gasteiger partial charge in [0.25, 0.3) is 0 Å². The first-order valence-electron chi connectivity index (χ1n) is 11.5. The highest BCUT2D eigenvalue weighted by Gasteiger charge is 2.34. The largest absolute Gasteiger partial charge is 0.507 e. The highest BCUT2D eigenvalue weighted by atomic mass is 31.2. The van der Waals surface area contributed by atoms with Crippen LogP contribution in [0.2, 0.25) is 0 Å². The van der Waals surface area contributed by atoms with Crippen molar-refractivity contribution >= 4 is 19.5 Å². The summed E-state index contributed by atoms with van der Waals surface area (Å²) >= 11 is 0. The van der Waals surface area contributed by atoms with Gasteiger partial charge in [-0.2, -0.15) is 0 Å². The second-order valence-corrected chi connectivity index (χ2v) is 10.3. The summed E-state index contributed by atoms with van der Waals surface area (Å²) in [5.74, 6) is -0.653. The van der Waals surface area contributed by atoms with E-state index in [1.54, 1.807) is 57.2 Å². The van der Waals surface area contributed by atoms with Crippen LogP contribution >= 0.6 is 7.60 Å². The summed E-state index contributed by atoms with van der Waals surface area (Å²) in [5, 5.41) is 10.8. The van der Waals surface area contributed by atoms with Crippen molar-refractivity contribution < 1.29 is 42.5 Å². The van der Waals surface area contributed by atoms with Gasteiger partial charge in [0, 0.05) is 11.1 Å². The Labute approximate surface area is 210 Å². The minimum absolute atomic E-state index is 0.0784. The van der Waals surface area contributed by atoms with Gasteiger partial charge in [0.15, 0.2) is 6.10 Å². The molecule has 0 saturated heterocycles. The van der Waals surface area contributed by atoms with Gasteiger partial charge in [-0.1, -0.05) is 29.8 Å². The molecule has 0 fully saturated rings. The van der Waals surface area contributed by atoms with Gasteiger partial charge >= 0.3 is 19.5 Å². The Morgan fingerprint density at radius 2 is 1.97 bits per heavy atom. The molecule has 2 aromatic carbocycles. The van der Waals surface area contributed by atoms with Crippen LogP contribution in [0, 0.1) is 6.92 Å². The highest BCUT2D eigenvalue weighted by Crippen LogP contribution is 2.51. The number of rotatable bonds is 11. The van der Waals surface area contributed by atoms with Crippen LogP contribution in [0.5, 0.6) is 17.2 Å². The van der Waals surface area contributed by atoms with Crippen molar-refractivity contribution in [1.29, 1.82) is 0 Å². The Hall–Kier alpha value is -3.29. The molecule has 10 heteroatoms. The molecule has 194 valence electrons. The Bertz CT molecular complexity index is 1200. The lowest BCUT2D eigenvalue weighted by molar-refractivity contribution is -0.150. The predicted octanol–water partition coefficient (Wildman–Crippen LogP) is 5.11. The number of carbonyl (C=O) groups is 2. The van der Waals surface area contributed by atoms with E-state index < -0.39 is 25.6 Å². The molecule has 2 aromatic rings. The maximum atomic E-state index is 13.7. The van der Waals surface area contributed by atoms with E-state index in [1.807, 2.05) is 0 Å². The average Bonchev–Trinajstić information content (AvgIpc) is 3.22. The molecule has 0 aromatic heterocycles. The van der Waals surface area contributed by atoms with Gasteiger partial charge in [-0.05, 0) is 51.8 Å². The van der Waals surface area contributed by atoms with Crippen molar-refractivity contribution in [2.24, 2.45) is 0 Å².